The maximum Gasteiger partial charge on any atom is 0.129 e. The summed E-state index contributed by atoms with van der Waals surface area (Å²) in [4.78, 5) is 9.42. The van der Waals surface area contributed by atoms with E-state index in [1.807, 2.05) is 24.4 Å². The van der Waals surface area contributed by atoms with Crippen LogP contribution in [-0.2, 0) is 10.8 Å². The van der Waals surface area contributed by atoms with Crippen LogP contribution in [0, 0.1) is 0 Å². The van der Waals surface area contributed by atoms with Crippen LogP contribution in [0.3, 0.4) is 0 Å². The van der Waals surface area contributed by atoms with E-state index in [2.05, 4.69) is 153 Å². The van der Waals surface area contributed by atoms with Crippen molar-refractivity contribution in [3.8, 4) is 11.5 Å². The monoisotopic (exact) mass is 551 g/mol. The third-order valence-electron chi connectivity index (χ3n) is 7.95. The van der Waals surface area contributed by atoms with Crippen molar-refractivity contribution >= 4 is 5.69 Å². The first-order chi connectivity index (χ1) is 20.3. The Kier molecular flexibility index (Phi) is 7.30. The zero-order valence-electron chi connectivity index (χ0n) is 24.7. The van der Waals surface area contributed by atoms with Crippen LogP contribution >= 0.6 is 0 Å². The predicted molar refractivity (Wildman–Crippen MR) is 172 cm³/mol. The van der Waals surface area contributed by atoms with Gasteiger partial charge in [-0.3, -0.25) is 4.98 Å². The number of aromatic nitrogens is 1. The Morgan fingerprint density at radius 3 is 1.86 bits per heavy atom. The van der Waals surface area contributed by atoms with Gasteiger partial charge in [-0.05, 0) is 64.1 Å². The average Bonchev–Trinajstić information content (AvgIpc) is 3.45. The van der Waals surface area contributed by atoms with Gasteiger partial charge in [0.25, 0.3) is 0 Å². The molecule has 0 saturated carbocycles. The van der Waals surface area contributed by atoms with Gasteiger partial charge in [0.15, 0.2) is 0 Å². The first-order valence-corrected chi connectivity index (χ1v) is 14.5. The Balaban J connectivity index is 1.51. The van der Waals surface area contributed by atoms with Crippen molar-refractivity contribution in [2.24, 2.45) is 0 Å². The highest BCUT2D eigenvalue weighted by Gasteiger charge is 2.40. The van der Waals surface area contributed by atoms with Gasteiger partial charge in [-0.25, -0.2) is 0 Å². The SMILES string of the molecule is CN1C=CN(c2cccc(Oc3cccc(C(c4ccccc4)(c4ccccc4)c4cc(C(C)(C)C)ccn4)c3)c2)C1. The highest BCUT2D eigenvalue weighted by molar-refractivity contribution is 5.60. The van der Waals surface area contributed by atoms with Crippen molar-refractivity contribution in [1.29, 1.82) is 0 Å². The molecule has 0 unspecified atom stereocenters. The number of benzene rings is 4. The summed E-state index contributed by atoms with van der Waals surface area (Å²) in [5.74, 6) is 1.58. The van der Waals surface area contributed by atoms with E-state index in [1.165, 1.54) is 5.56 Å². The van der Waals surface area contributed by atoms with E-state index in [-0.39, 0.29) is 5.41 Å². The third-order valence-corrected chi connectivity index (χ3v) is 7.95. The van der Waals surface area contributed by atoms with Gasteiger partial charge < -0.3 is 14.5 Å². The molecule has 6 rings (SSSR count). The van der Waals surface area contributed by atoms with E-state index in [1.54, 1.807) is 0 Å². The summed E-state index contributed by atoms with van der Waals surface area (Å²) in [6.45, 7) is 7.56. The Morgan fingerprint density at radius 1 is 0.619 bits per heavy atom. The first-order valence-electron chi connectivity index (χ1n) is 14.5. The fraction of sp³-hybridized carbons (Fsp3) is 0.184. The number of hydrogen-bond acceptors (Lipinski definition) is 4. The van der Waals surface area contributed by atoms with Crippen molar-refractivity contribution < 1.29 is 4.74 Å². The van der Waals surface area contributed by atoms with Crippen molar-refractivity contribution in [2.45, 2.75) is 31.6 Å². The fourth-order valence-electron chi connectivity index (χ4n) is 5.77. The molecule has 210 valence electrons. The summed E-state index contributed by atoms with van der Waals surface area (Å²) in [5, 5.41) is 0. The van der Waals surface area contributed by atoms with Crippen LogP contribution in [0.2, 0.25) is 0 Å². The van der Waals surface area contributed by atoms with E-state index in [0.29, 0.717) is 0 Å². The van der Waals surface area contributed by atoms with E-state index < -0.39 is 5.41 Å². The molecular formula is C38H37N3O. The number of rotatable bonds is 7. The summed E-state index contributed by atoms with van der Waals surface area (Å²) in [5.41, 5.74) is 6.04. The largest absolute Gasteiger partial charge is 0.457 e. The molecule has 0 amide bonds. The highest BCUT2D eigenvalue weighted by atomic mass is 16.5. The summed E-state index contributed by atoms with van der Waals surface area (Å²) in [6.07, 6.45) is 6.12. The molecule has 0 fully saturated rings. The zero-order chi connectivity index (χ0) is 29.2. The van der Waals surface area contributed by atoms with Gasteiger partial charge in [-0.15, -0.1) is 0 Å². The summed E-state index contributed by atoms with van der Waals surface area (Å²) in [7, 11) is 2.07. The molecular weight excluding hydrogens is 514 g/mol. The minimum atomic E-state index is -0.657. The molecule has 0 spiro atoms. The Labute approximate surface area is 249 Å². The Hall–Kier alpha value is -4.83. The number of hydrogen-bond donors (Lipinski definition) is 0. The molecule has 1 aromatic heterocycles. The highest BCUT2D eigenvalue weighted by Crippen LogP contribution is 2.46. The molecule has 0 bridgehead atoms. The molecule has 4 aromatic carbocycles. The second kappa shape index (κ2) is 11.2. The van der Waals surface area contributed by atoms with Crippen molar-refractivity contribution in [1.82, 2.24) is 9.88 Å². The van der Waals surface area contributed by atoms with Gasteiger partial charge in [0, 0.05) is 37.4 Å². The minimum Gasteiger partial charge on any atom is -0.457 e. The average molecular weight is 552 g/mol. The maximum atomic E-state index is 6.54. The number of nitrogens with zero attached hydrogens (tertiary/aromatic N) is 3. The lowest BCUT2D eigenvalue weighted by molar-refractivity contribution is 0.479. The molecule has 4 heteroatoms. The van der Waals surface area contributed by atoms with Crippen molar-refractivity contribution in [3.63, 3.8) is 0 Å². The van der Waals surface area contributed by atoms with Gasteiger partial charge in [0.1, 0.15) is 11.5 Å². The van der Waals surface area contributed by atoms with Crippen molar-refractivity contribution in [2.75, 3.05) is 18.6 Å². The zero-order valence-corrected chi connectivity index (χ0v) is 24.7. The normalized spacial score (nSPS) is 13.4. The lowest BCUT2D eigenvalue weighted by Crippen LogP contribution is -2.32. The van der Waals surface area contributed by atoms with Crippen LogP contribution in [0.4, 0.5) is 5.69 Å². The van der Waals surface area contributed by atoms with Crippen LogP contribution < -0.4 is 9.64 Å². The van der Waals surface area contributed by atoms with E-state index in [9.17, 15) is 0 Å². The van der Waals surface area contributed by atoms with E-state index >= 15 is 0 Å². The van der Waals surface area contributed by atoms with E-state index in [4.69, 9.17) is 9.72 Å². The lowest BCUT2D eigenvalue weighted by atomic mass is 9.66. The summed E-state index contributed by atoms with van der Waals surface area (Å²) in [6, 6.07) is 42.5. The predicted octanol–water partition coefficient (Wildman–Crippen LogP) is 8.73. The standard InChI is InChI=1S/C38H37N3O/c1-37(2,3)31-21-22-39-36(26-31)38(29-13-7-5-8-14-29,30-15-9-6-10-16-30)32-17-11-19-34(25-32)42-35-20-12-18-33(27-35)41-24-23-40(4)28-41/h5-27H,28H2,1-4H3. The van der Waals surface area contributed by atoms with Gasteiger partial charge >= 0.3 is 0 Å². The minimum absolute atomic E-state index is 0.0217. The number of ether oxygens (including phenoxy) is 1. The quantitative estimate of drug-likeness (QED) is 0.189. The van der Waals surface area contributed by atoms with Gasteiger partial charge in [0.05, 0.1) is 17.8 Å². The van der Waals surface area contributed by atoms with Crippen LogP contribution in [-0.4, -0.2) is 23.6 Å². The molecule has 5 aromatic rings. The Morgan fingerprint density at radius 2 is 1.24 bits per heavy atom. The van der Waals surface area contributed by atoms with Crippen LogP contribution in [0.25, 0.3) is 0 Å². The Bertz CT molecular complexity index is 1650. The summed E-state index contributed by atoms with van der Waals surface area (Å²) < 4.78 is 6.54. The molecule has 0 radical (unpaired) electrons. The maximum absolute atomic E-state index is 6.54. The molecule has 2 heterocycles. The molecule has 1 aliphatic rings. The molecule has 0 saturated heterocycles. The molecule has 0 atom stereocenters. The molecule has 0 N–H and O–H groups in total. The lowest BCUT2D eigenvalue weighted by Gasteiger charge is -2.36. The second-order valence-corrected chi connectivity index (χ2v) is 12.0. The molecule has 42 heavy (non-hydrogen) atoms. The fourth-order valence-corrected chi connectivity index (χ4v) is 5.77. The topological polar surface area (TPSA) is 28.6 Å². The van der Waals surface area contributed by atoms with E-state index in [0.717, 1.165) is 46.2 Å². The molecule has 4 nitrogen and oxygen atoms in total. The van der Waals surface area contributed by atoms with Crippen molar-refractivity contribution in [3.05, 3.63) is 168 Å². The van der Waals surface area contributed by atoms with Gasteiger partial charge in [0.2, 0.25) is 0 Å². The first kappa shape index (κ1) is 27.3. The van der Waals surface area contributed by atoms with Gasteiger partial charge in [-0.2, -0.15) is 0 Å². The molecule has 1 aliphatic heterocycles. The van der Waals surface area contributed by atoms with Crippen LogP contribution in [0.15, 0.2) is 140 Å². The molecule has 0 aliphatic carbocycles. The summed E-state index contributed by atoms with van der Waals surface area (Å²) >= 11 is 0. The second-order valence-electron chi connectivity index (χ2n) is 12.0. The smallest absolute Gasteiger partial charge is 0.129 e. The number of anilines is 1. The van der Waals surface area contributed by atoms with Gasteiger partial charge in [-0.1, -0.05) is 99.6 Å². The van der Waals surface area contributed by atoms with Crippen LogP contribution in [0.1, 0.15) is 48.7 Å². The van der Waals surface area contributed by atoms with Crippen LogP contribution in [0.5, 0.6) is 11.5 Å². The number of pyridine rings is 1. The third kappa shape index (κ3) is 5.28.